The van der Waals surface area contributed by atoms with Crippen LogP contribution in [-0.4, -0.2) is 27.5 Å². The molecular weight excluding hydrogens is 474 g/mol. The Morgan fingerprint density at radius 2 is 2.00 bits per heavy atom. The first-order valence-corrected chi connectivity index (χ1v) is 10.5. The van der Waals surface area contributed by atoms with E-state index in [9.17, 15) is 14.4 Å². The molecule has 0 aliphatic heterocycles. The lowest BCUT2D eigenvalue weighted by molar-refractivity contribution is -0.113. The van der Waals surface area contributed by atoms with Crippen LogP contribution in [0.15, 0.2) is 49.4 Å². The van der Waals surface area contributed by atoms with Crippen LogP contribution in [-0.2, 0) is 4.79 Å². The lowest BCUT2D eigenvalue weighted by Gasteiger charge is -2.09. The van der Waals surface area contributed by atoms with Gasteiger partial charge in [0.1, 0.15) is 0 Å². The number of carbonyl (C=O) groups excluding carboxylic acids is 2. The maximum Gasteiger partial charge on any atom is 0.291 e. The van der Waals surface area contributed by atoms with Gasteiger partial charge < -0.3 is 20.8 Å². The number of anilines is 3. The minimum Gasteiger partial charge on any atom is -0.444 e. The van der Waals surface area contributed by atoms with Crippen LogP contribution >= 0.6 is 27.7 Å². The van der Waals surface area contributed by atoms with Crippen LogP contribution in [0.4, 0.5) is 17.2 Å². The maximum atomic E-state index is 12.3. The molecular formula is C19H18BrN5O4S. The highest BCUT2D eigenvalue weighted by Crippen LogP contribution is 2.20. The molecule has 0 fully saturated rings. The molecule has 2 heterocycles. The van der Waals surface area contributed by atoms with Gasteiger partial charge >= 0.3 is 0 Å². The quantitative estimate of drug-likeness (QED) is 0.305. The van der Waals surface area contributed by atoms with Crippen molar-refractivity contribution in [3.8, 4) is 0 Å². The van der Waals surface area contributed by atoms with Crippen molar-refractivity contribution in [1.82, 2.24) is 9.97 Å². The molecule has 11 heteroatoms. The van der Waals surface area contributed by atoms with E-state index in [1.54, 1.807) is 6.07 Å². The lowest BCUT2D eigenvalue weighted by Crippen LogP contribution is -2.23. The normalized spacial score (nSPS) is 10.6. The molecule has 0 unspecified atom stereocenters. The summed E-state index contributed by atoms with van der Waals surface area (Å²) >= 11 is 4.11. The summed E-state index contributed by atoms with van der Waals surface area (Å²) in [7, 11) is 0. The highest BCUT2D eigenvalue weighted by atomic mass is 79.9. The van der Waals surface area contributed by atoms with E-state index >= 15 is 0 Å². The molecule has 0 radical (unpaired) electrons. The van der Waals surface area contributed by atoms with Gasteiger partial charge in [0.25, 0.3) is 11.5 Å². The number of halogens is 1. The summed E-state index contributed by atoms with van der Waals surface area (Å²) in [5, 5.41) is 5.34. The Labute approximate surface area is 184 Å². The van der Waals surface area contributed by atoms with Gasteiger partial charge in [-0.25, -0.2) is 4.98 Å². The molecule has 0 atom stereocenters. The van der Waals surface area contributed by atoms with E-state index in [1.165, 1.54) is 6.07 Å². The SMILES string of the molecule is Cc1ccc(NC(=O)CSc2nc(N)c(NC(=O)c3ccc(Br)o3)c(=O)[nH]2)c(C)c1. The van der Waals surface area contributed by atoms with Gasteiger partial charge in [-0.2, -0.15) is 0 Å². The Morgan fingerprint density at radius 3 is 2.63 bits per heavy atom. The third kappa shape index (κ3) is 5.30. The van der Waals surface area contributed by atoms with Gasteiger partial charge in [0.05, 0.1) is 5.75 Å². The molecule has 2 aromatic heterocycles. The lowest BCUT2D eigenvalue weighted by atomic mass is 10.1. The summed E-state index contributed by atoms with van der Waals surface area (Å²) in [6, 6.07) is 8.70. The third-order valence-electron chi connectivity index (χ3n) is 3.96. The number of H-pyrrole nitrogens is 1. The number of aromatic nitrogens is 2. The number of thioether (sulfide) groups is 1. The van der Waals surface area contributed by atoms with Gasteiger partial charge in [-0.3, -0.25) is 19.4 Å². The average Bonchev–Trinajstić information content (AvgIpc) is 3.11. The summed E-state index contributed by atoms with van der Waals surface area (Å²) < 4.78 is 5.51. The zero-order valence-electron chi connectivity index (χ0n) is 16.0. The van der Waals surface area contributed by atoms with Crippen molar-refractivity contribution in [3.05, 3.63) is 62.2 Å². The van der Waals surface area contributed by atoms with Crippen molar-refractivity contribution >= 4 is 56.7 Å². The van der Waals surface area contributed by atoms with Crippen molar-refractivity contribution in [3.63, 3.8) is 0 Å². The fraction of sp³-hybridized carbons (Fsp3) is 0.158. The van der Waals surface area contributed by atoms with Gasteiger partial charge in [-0.1, -0.05) is 29.5 Å². The summed E-state index contributed by atoms with van der Waals surface area (Å²) in [5.74, 6) is -1.05. The van der Waals surface area contributed by atoms with E-state index in [4.69, 9.17) is 10.2 Å². The molecule has 1 aromatic carbocycles. The number of nitrogens with one attached hydrogen (secondary N) is 3. The zero-order chi connectivity index (χ0) is 21.8. The number of rotatable bonds is 6. The summed E-state index contributed by atoms with van der Waals surface area (Å²) in [4.78, 5) is 43.2. The maximum absolute atomic E-state index is 12.3. The molecule has 0 saturated carbocycles. The van der Waals surface area contributed by atoms with E-state index in [-0.39, 0.29) is 34.1 Å². The first-order chi connectivity index (χ1) is 14.2. The highest BCUT2D eigenvalue weighted by molar-refractivity contribution is 9.10. The van der Waals surface area contributed by atoms with E-state index in [0.29, 0.717) is 4.67 Å². The summed E-state index contributed by atoms with van der Waals surface area (Å²) in [5.41, 5.74) is 7.75. The summed E-state index contributed by atoms with van der Waals surface area (Å²) in [6.45, 7) is 3.88. The van der Waals surface area contributed by atoms with Crippen molar-refractivity contribution < 1.29 is 14.0 Å². The average molecular weight is 492 g/mol. The first kappa shape index (κ1) is 21.7. The molecule has 0 spiro atoms. The molecule has 9 nitrogen and oxygen atoms in total. The van der Waals surface area contributed by atoms with Crippen LogP contribution in [0.25, 0.3) is 0 Å². The highest BCUT2D eigenvalue weighted by Gasteiger charge is 2.17. The Balaban J connectivity index is 1.64. The minimum atomic E-state index is -0.645. The second kappa shape index (κ2) is 9.18. The molecule has 3 aromatic rings. The smallest absolute Gasteiger partial charge is 0.291 e. The van der Waals surface area contributed by atoms with Crippen LogP contribution in [0.5, 0.6) is 0 Å². The second-order valence-corrected chi connectivity index (χ2v) is 8.09. The van der Waals surface area contributed by atoms with Crippen molar-refractivity contribution in [2.75, 3.05) is 22.1 Å². The number of aryl methyl sites for hydroxylation is 2. The molecule has 2 amide bonds. The van der Waals surface area contributed by atoms with Crippen LogP contribution in [0.3, 0.4) is 0 Å². The molecule has 0 saturated heterocycles. The van der Waals surface area contributed by atoms with E-state index in [0.717, 1.165) is 28.6 Å². The fourth-order valence-electron chi connectivity index (χ4n) is 2.54. The van der Waals surface area contributed by atoms with E-state index in [2.05, 4.69) is 36.5 Å². The standard InChI is InChI=1S/C19H18BrN5O4S/c1-9-3-4-11(10(2)7-9)22-14(26)8-30-19-24-16(21)15(18(28)25-19)23-17(27)12-5-6-13(20)29-12/h3-7H,8H2,1-2H3,(H,22,26)(H,23,27)(H3,21,24,25,28). The van der Waals surface area contributed by atoms with Crippen LogP contribution < -0.4 is 21.9 Å². The number of nitrogens with two attached hydrogens (primary N) is 1. The Bertz CT molecular complexity index is 1170. The van der Waals surface area contributed by atoms with E-state index < -0.39 is 11.5 Å². The van der Waals surface area contributed by atoms with Crippen molar-refractivity contribution in [2.24, 2.45) is 0 Å². The van der Waals surface area contributed by atoms with E-state index in [1.807, 2.05) is 32.0 Å². The zero-order valence-corrected chi connectivity index (χ0v) is 18.4. The predicted octanol–water partition coefficient (Wildman–Crippen LogP) is 3.31. The number of furan rings is 1. The fourth-order valence-corrected chi connectivity index (χ4v) is 3.52. The van der Waals surface area contributed by atoms with Crippen LogP contribution in [0.2, 0.25) is 0 Å². The largest absolute Gasteiger partial charge is 0.444 e. The number of nitrogens with zero attached hydrogens (tertiary/aromatic N) is 1. The number of aromatic amines is 1. The number of hydrogen-bond donors (Lipinski definition) is 4. The number of amides is 2. The Morgan fingerprint density at radius 1 is 1.23 bits per heavy atom. The molecule has 0 aliphatic rings. The number of nitrogen functional groups attached to an aromatic ring is 1. The van der Waals surface area contributed by atoms with Gasteiger partial charge in [0.15, 0.2) is 27.1 Å². The number of benzene rings is 1. The third-order valence-corrected chi connectivity index (χ3v) is 5.26. The summed E-state index contributed by atoms with van der Waals surface area (Å²) in [6.07, 6.45) is 0. The number of hydrogen-bond acceptors (Lipinski definition) is 7. The van der Waals surface area contributed by atoms with Crippen molar-refractivity contribution in [2.45, 2.75) is 19.0 Å². The molecule has 30 heavy (non-hydrogen) atoms. The molecule has 5 N–H and O–H groups in total. The number of carbonyl (C=O) groups is 2. The van der Waals surface area contributed by atoms with Gasteiger partial charge in [0.2, 0.25) is 5.91 Å². The van der Waals surface area contributed by atoms with Gasteiger partial charge in [-0.05, 0) is 53.5 Å². The monoisotopic (exact) mass is 491 g/mol. The molecule has 3 rings (SSSR count). The Hall–Kier alpha value is -3.05. The van der Waals surface area contributed by atoms with Crippen LogP contribution in [0.1, 0.15) is 21.7 Å². The van der Waals surface area contributed by atoms with Gasteiger partial charge in [-0.15, -0.1) is 0 Å². The molecule has 0 aliphatic carbocycles. The Kier molecular flexibility index (Phi) is 6.63. The minimum absolute atomic E-state index is 0.00203. The predicted molar refractivity (Wildman–Crippen MR) is 119 cm³/mol. The van der Waals surface area contributed by atoms with Gasteiger partial charge in [0, 0.05) is 5.69 Å². The van der Waals surface area contributed by atoms with Crippen LogP contribution in [0, 0.1) is 13.8 Å². The molecule has 156 valence electrons. The first-order valence-electron chi connectivity index (χ1n) is 8.69. The molecule has 0 bridgehead atoms. The second-order valence-electron chi connectivity index (χ2n) is 6.34. The topological polar surface area (TPSA) is 143 Å². The van der Waals surface area contributed by atoms with Crippen molar-refractivity contribution in [1.29, 1.82) is 0 Å².